The van der Waals surface area contributed by atoms with Crippen LogP contribution in [0.25, 0.3) is 0 Å². The lowest BCUT2D eigenvalue weighted by Gasteiger charge is -2.18. The third-order valence-corrected chi connectivity index (χ3v) is 3.18. The first kappa shape index (κ1) is 11.1. The monoisotopic (exact) mass is 214 g/mol. The van der Waals surface area contributed by atoms with Gasteiger partial charge in [0, 0.05) is 0 Å². The van der Waals surface area contributed by atoms with E-state index in [4.69, 9.17) is 0 Å². The van der Waals surface area contributed by atoms with Crippen molar-refractivity contribution in [1.82, 2.24) is 0 Å². The third-order valence-electron chi connectivity index (χ3n) is 3.18. The van der Waals surface area contributed by atoms with Gasteiger partial charge in [-0.05, 0) is 44.1 Å². The van der Waals surface area contributed by atoms with Gasteiger partial charge in [0.1, 0.15) is 0 Å². The molecule has 1 unspecified atom stereocenters. The summed E-state index contributed by atoms with van der Waals surface area (Å²) in [5.74, 6) is 0.709. The topological polar surface area (TPSA) is 17.1 Å². The van der Waals surface area contributed by atoms with Crippen LogP contribution in [0, 0.1) is 5.92 Å². The Bertz CT molecular complexity index is 394. The molecule has 2 aliphatic rings. The highest BCUT2D eigenvalue weighted by atomic mass is 16.1. The van der Waals surface area contributed by atoms with Gasteiger partial charge < -0.3 is 0 Å². The van der Waals surface area contributed by atoms with E-state index in [0.717, 1.165) is 24.8 Å². The SMILES string of the molecule is CC(=O)C1=CC=CC(CC2=CCCC=C2)C1. The van der Waals surface area contributed by atoms with Crippen LogP contribution in [0.5, 0.6) is 0 Å². The summed E-state index contributed by atoms with van der Waals surface area (Å²) in [6.07, 6.45) is 17.3. The first-order valence-corrected chi connectivity index (χ1v) is 5.99. The second kappa shape index (κ2) is 5.11. The molecule has 0 aliphatic heterocycles. The molecule has 0 radical (unpaired) electrons. The van der Waals surface area contributed by atoms with E-state index in [1.807, 2.05) is 12.2 Å². The number of hydrogen-bond acceptors (Lipinski definition) is 1. The Kier molecular flexibility index (Phi) is 3.55. The molecule has 0 spiro atoms. The summed E-state index contributed by atoms with van der Waals surface area (Å²) in [6.45, 7) is 1.65. The number of carbonyl (C=O) groups excluding carboxylic acids is 1. The van der Waals surface area contributed by atoms with E-state index in [9.17, 15) is 4.79 Å². The first-order chi connectivity index (χ1) is 7.75. The average Bonchev–Trinajstić information content (AvgIpc) is 2.30. The number of allylic oxidation sites excluding steroid dienone is 8. The molecule has 1 atom stereocenters. The van der Waals surface area contributed by atoms with Gasteiger partial charge in [-0.1, -0.05) is 42.0 Å². The summed E-state index contributed by atoms with van der Waals surface area (Å²) >= 11 is 0. The highest BCUT2D eigenvalue weighted by Crippen LogP contribution is 2.27. The number of carbonyl (C=O) groups is 1. The van der Waals surface area contributed by atoms with Crippen molar-refractivity contribution in [2.45, 2.75) is 32.6 Å². The zero-order chi connectivity index (χ0) is 11.4. The van der Waals surface area contributed by atoms with Gasteiger partial charge in [0.05, 0.1) is 0 Å². The van der Waals surface area contributed by atoms with Gasteiger partial charge in [-0.2, -0.15) is 0 Å². The van der Waals surface area contributed by atoms with Crippen LogP contribution in [-0.4, -0.2) is 5.78 Å². The van der Waals surface area contributed by atoms with Crippen molar-refractivity contribution in [3.05, 3.63) is 47.6 Å². The standard InChI is InChI=1S/C15H18O/c1-12(16)15-9-5-8-14(11-15)10-13-6-3-2-4-7-13/h3,5-9,14H,2,4,10-11H2,1H3. The number of Topliss-reactive ketones (excluding diaryl/α,β-unsaturated/α-hetero) is 1. The maximum Gasteiger partial charge on any atom is 0.155 e. The molecule has 0 saturated heterocycles. The van der Waals surface area contributed by atoms with Gasteiger partial charge in [-0.15, -0.1) is 0 Å². The Morgan fingerprint density at radius 3 is 3.00 bits per heavy atom. The fourth-order valence-corrected chi connectivity index (χ4v) is 2.27. The predicted octanol–water partition coefficient (Wildman–Crippen LogP) is 3.74. The van der Waals surface area contributed by atoms with Crippen LogP contribution in [-0.2, 0) is 4.79 Å². The molecule has 0 heterocycles. The second-order valence-corrected chi connectivity index (χ2v) is 4.56. The summed E-state index contributed by atoms with van der Waals surface area (Å²) in [4.78, 5) is 11.3. The van der Waals surface area contributed by atoms with Gasteiger partial charge in [0.15, 0.2) is 5.78 Å². The average molecular weight is 214 g/mol. The molecule has 0 aromatic rings. The molecule has 84 valence electrons. The Labute approximate surface area is 97.2 Å². The molecular formula is C15H18O. The highest BCUT2D eigenvalue weighted by molar-refractivity contribution is 5.93. The Morgan fingerprint density at radius 2 is 2.31 bits per heavy atom. The lowest BCUT2D eigenvalue weighted by Crippen LogP contribution is -2.08. The third kappa shape index (κ3) is 2.82. The van der Waals surface area contributed by atoms with Gasteiger partial charge in [-0.3, -0.25) is 4.79 Å². The van der Waals surface area contributed by atoms with Crippen LogP contribution in [0.2, 0.25) is 0 Å². The van der Waals surface area contributed by atoms with Crippen molar-refractivity contribution < 1.29 is 4.79 Å². The second-order valence-electron chi connectivity index (χ2n) is 4.56. The molecule has 0 bridgehead atoms. The van der Waals surface area contributed by atoms with Crippen molar-refractivity contribution in [3.63, 3.8) is 0 Å². The minimum atomic E-state index is 0.211. The molecule has 0 aromatic heterocycles. The molecule has 2 rings (SSSR count). The summed E-state index contributed by atoms with van der Waals surface area (Å²) in [7, 11) is 0. The zero-order valence-electron chi connectivity index (χ0n) is 9.78. The van der Waals surface area contributed by atoms with E-state index < -0.39 is 0 Å². The lowest BCUT2D eigenvalue weighted by molar-refractivity contribution is -0.113. The Morgan fingerprint density at radius 1 is 1.44 bits per heavy atom. The maximum atomic E-state index is 11.3. The fraction of sp³-hybridized carbons (Fsp3) is 0.400. The summed E-state index contributed by atoms with van der Waals surface area (Å²) in [6, 6.07) is 0. The van der Waals surface area contributed by atoms with Gasteiger partial charge in [0.2, 0.25) is 0 Å². The van der Waals surface area contributed by atoms with Crippen molar-refractivity contribution in [3.8, 4) is 0 Å². The summed E-state index contributed by atoms with van der Waals surface area (Å²) in [5, 5.41) is 0. The minimum absolute atomic E-state index is 0.211. The number of rotatable bonds is 3. The van der Waals surface area contributed by atoms with Crippen LogP contribution >= 0.6 is 0 Å². The highest BCUT2D eigenvalue weighted by Gasteiger charge is 2.15. The number of hydrogen-bond donors (Lipinski definition) is 0. The number of ketones is 1. The van der Waals surface area contributed by atoms with E-state index in [1.165, 1.54) is 12.0 Å². The van der Waals surface area contributed by atoms with Crippen LogP contribution in [0.15, 0.2) is 47.6 Å². The van der Waals surface area contributed by atoms with E-state index >= 15 is 0 Å². The van der Waals surface area contributed by atoms with E-state index in [-0.39, 0.29) is 5.78 Å². The van der Waals surface area contributed by atoms with E-state index in [0.29, 0.717) is 5.92 Å². The van der Waals surface area contributed by atoms with E-state index in [2.05, 4.69) is 24.3 Å². The molecule has 0 N–H and O–H groups in total. The molecular weight excluding hydrogens is 196 g/mol. The van der Waals surface area contributed by atoms with Crippen molar-refractivity contribution >= 4 is 5.78 Å². The largest absolute Gasteiger partial charge is 0.295 e. The fourth-order valence-electron chi connectivity index (χ4n) is 2.27. The quantitative estimate of drug-likeness (QED) is 0.699. The molecule has 0 fully saturated rings. The van der Waals surface area contributed by atoms with Crippen LogP contribution in [0.1, 0.15) is 32.6 Å². The smallest absolute Gasteiger partial charge is 0.155 e. The molecule has 0 saturated carbocycles. The van der Waals surface area contributed by atoms with Crippen molar-refractivity contribution in [2.75, 3.05) is 0 Å². The molecule has 0 aromatic carbocycles. The summed E-state index contributed by atoms with van der Waals surface area (Å²) < 4.78 is 0. The lowest BCUT2D eigenvalue weighted by atomic mass is 9.86. The molecule has 2 aliphatic carbocycles. The van der Waals surface area contributed by atoms with Crippen molar-refractivity contribution in [2.24, 2.45) is 5.92 Å². The Balaban J connectivity index is 1.96. The van der Waals surface area contributed by atoms with Crippen LogP contribution in [0.3, 0.4) is 0 Å². The zero-order valence-corrected chi connectivity index (χ0v) is 9.78. The Hall–Kier alpha value is -1.37. The predicted molar refractivity (Wildman–Crippen MR) is 67.1 cm³/mol. The first-order valence-electron chi connectivity index (χ1n) is 5.99. The molecule has 1 heteroatoms. The van der Waals surface area contributed by atoms with E-state index in [1.54, 1.807) is 6.92 Å². The molecule has 0 amide bonds. The van der Waals surface area contributed by atoms with Crippen LogP contribution < -0.4 is 0 Å². The van der Waals surface area contributed by atoms with Gasteiger partial charge >= 0.3 is 0 Å². The van der Waals surface area contributed by atoms with Crippen LogP contribution in [0.4, 0.5) is 0 Å². The molecule has 1 nitrogen and oxygen atoms in total. The van der Waals surface area contributed by atoms with Gasteiger partial charge in [0.25, 0.3) is 0 Å². The van der Waals surface area contributed by atoms with Gasteiger partial charge in [-0.25, -0.2) is 0 Å². The molecule has 16 heavy (non-hydrogen) atoms. The summed E-state index contributed by atoms with van der Waals surface area (Å²) in [5.41, 5.74) is 2.39. The normalized spacial score (nSPS) is 23.9. The maximum absolute atomic E-state index is 11.3. The van der Waals surface area contributed by atoms with Crippen molar-refractivity contribution in [1.29, 1.82) is 0 Å². The minimum Gasteiger partial charge on any atom is -0.295 e.